The van der Waals surface area contributed by atoms with Crippen molar-refractivity contribution in [3.8, 4) is 5.75 Å². The van der Waals surface area contributed by atoms with E-state index in [-0.39, 0.29) is 5.78 Å². The first-order chi connectivity index (χ1) is 9.22. The number of halogens is 1. The highest BCUT2D eigenvalue weighted by molar-refractivity contribution is 9.10. The largest absolute Gasteiger partial charge is 0.493 e. The summed E-state index contributed by atoms with van der Waals surface area (Å²) in [4.78, 5) is 11.9. The highest BCUT2D eigenvalue weighted by Crippen LogP contribution is 2.26. The van der Waals surface area contributed by atoms with E-state index in [2.05, 4.69) is 22.0 Å². The number of benzene rings is 1. The van der Waals surface area contributed by atoms with Gasteiger partial charge in [-0.25, -0.2) is 0 Å². The highest BCUT2D eigenvalue weighted by atomic mass is 79.9. The van der Waals surface area contributed by atoms with E-state index in [0.717, 1.165) is 25.2 Å². The minimum absolute atomic E-state index is 0.0300. The molecule has 1 aromatic heterocycles. The summed E-state index contributed by atoms with van der Waals surface area (Å²) < 4.78 is 11.3. The van der Waals surface area contributed by atoms with Crippen molar-refractivity contribution in [2.75, 3.05) is 6.61 Å². The molecular weight excluding hydrogens is 308 g/mol. The molecule has 19 heavy (non-hydrogen) atoms. The molecular formula is C15H13BrO3. The number of fused-ring (bicyclic) bond motifs is 1. The van der Waals surface area contributed by atoms with E-state index in [1.807, 2.05) is 12.1 Å². The van der Waals surface area contributed by atoms with Crippen molar-refractivity contribution in [2.24, 2.45) is 0 Å². The van der Waals surface area contributed by atoms with E-state index < -0.39 is 0 Å². The molecule has 3 rings (SSSR count). The molecule has 1 aliphatic heterocycles. The monoisotopic (exact) mass is 320 g/mol. The number of ether oxygens (including phenoxy) is 1. The molecule has 0 saturated carbocycles. The van der Waals surface area contributed by atoms with Gasteiger partial charge in [0.1, 0.15) is 5.75 Å². The Labute approximate surface area is 119 Å². The van der Waals surface area contributed by atoms with E-state index in [1.54, 1.807) is 12.1 Å². The first-order valence-electron chi connectivity index (χ1n) is 6.25. The molecule has 1 aliphatic rings. The standard InChI is InChI=1S/C15H13BrO3/c16-15-6-5-14(19-15)12(17)3-1-10-2-4-13-11(9-10)7-8-18-13/h2,4-6,9H,1,3,7-8H2. The molecule has 2 heterocycles. The van der Waals surface area contributed by atoms with Gasteiger partial charge in [-0.3, -0.25) is 4.79 Å². The fraction of sp³-hybridized carbons (Fsp3) is 0.267. The molecule has 2 aromatic rings. The first kappa shape index (κ1) is 12.5. The predicted molar refractivity (Wildman–Crippen MR) is 74.7 cm³/mol. The second-order valence-electron chi connectivity index (χ2n) is 4.57. The summed E-state index contributed by atoms with van der Waals surface area (Å²) in [6, 6.07) is 9.58. The van der Waals surface area contributed by atoms with E-state index in [4.69, 9.17) is 9.15 Å². The Hall–Kier alpha value is -1.55. The zero-order valence-corrected chi connectivity index (χ0v) is 11.9. The van der Waals surface area contributed by atoms with E-state index in [0.29, 0.717) is 16.9 Å². The second-order valence-corrected chi connectivity index (χ2v) is 5.35. The van der Waals surface area contributed by atoms with Crippen LogP contribution in [0.1, 0.15) is 28.1 Å². The SMILES string of the molecule is O=C(CCc1ccc2c(c1)CCO2)c1ccc(Br)o1. The van der Waals surface area contributed by atoms with Crippen LogP contribution in [0.25, 0.3) is 0 Å². The van der Waals surface area contributed by atoms with Crippen LogP contribution in [0.2, 0.25) is 0 Å². The van der Waals surface area contributed by atoms with E-state index in [9.17, 15) is 4.79 Å². The van der Waals surface area contributed by atoms with Crippen LogP contribution in [0.5, 0.6) is 5.75 Å². The van der Waals surface area contributed by atoms with Crippen LogP contribution < -0.4 is 4.74 Å². The second kappa shape index (κ2) is 5.21. The van der Waals surface area contributed by atoms with Gasteiger partial charge in [-0.1, -0.05) is 12.1 Å². The fourth-order valence-corrected chi connectivity index (χ4v) is 2.55. The van der Waals surface area contributed by atoms with Gasteiger partial charge in [-0.05, 0) is 51.7 Å². The molecule has 98 valence electrons. The van der Waals surface area contributed by atoms with Crippen molar-refractivity contribution < 1.29 is 13.9 Å². The average molecular weight is 321 g/mol. The maximum atomic E-state index is 11.9. The Morgan fingerprint density at radius 1 is 1.26 bits per heavy atom. The van der Waals surface area contributed by atoms with E-state index >= 15 is 0 Å². The molecule has 0 amide bonds. The van der Waals surface area contributed by atoms with Crippen LogP contribution in [0, 0.1) is 0 Å². The lowest BCUT2D eigenvalue weighted by molar-refractivity contribution is 0.0955. The normalized spacial score (nSPS) is 13.1. The van der Waals surface area contributed by atoms with Gasteiger partial charge in [0.2, 0.25) is 0 Å². The molecule has 0 fully saturated rings. The number of ketones is 1. The summed E-state index contributed by atoms with van der Waals surface area (Å²) >= 11 is 3.20. The third-order valence-corrected chi connectivity index (χ3v) is 3.67. The molecule has 0 N–H and O–H groups in total. The molecule has 3 nitrogen and oxygen atoms in total. The van der Waals surface area contributed by atoms with Gasteiger partial charge in [0.15, 0.2) is 16.2 Å². The van der Waals surface area contributed by atoms with Gasteiger partial charge < -0.3 is 9.15 Å². The van der Waals surface area contributed by atoms with Crippen molar-refractivity contribution in [3.05, 3.63) is 51.9 Å². The molecule has 0 unspecified atom stereocenters. The lowest BCUT2D eigenvalue weighted by Gasteiger charge is -2.03. The molecule has 0 aliphatic carbocycles. The van der Waals surface area contributed by atoms with Crippen LogP contribution >= 0.6 is 15.9 Å². The van der Waals surface area contributed by atoms with Gasteiger partial charge in [-0.2, -0.15) is 0 Å². The summed E-state index contributed by atoms with van der Waals surface area (Å²) in [5, 5.41) is 0. The van der Waals surface area contributed by atoms with E-state index in [1.165, 1.54) is 11.1 Å². The summed E-state index contributed by atoms with van der Waals surface area (Å²) in [5.41, 5.74) is 2.41. The summed E-state index contributed by atoms with van der Waals surface area (Å²) in [6.07, 6.45) is 2.15. The zero-order chi connectivity index (χ0) is 13.2. The van der Waals surface area contributed by atoms with Crippen LogP contribution in [0.4, 0.5) is 0 Å². The van der Waals surface area contributed by atoms with Crippen LogP contribution in [-0.4, -0.2) is 12.4 Å². The van der Waals surface area contributed by atoms with Crippen molar-refractivity contribution in [1.29, 1.82) is 0 Å². The highest BCUT2D eigenvalue weighted by Gasteiger charge is 2.14. The van der Waals surface area contributed by atoms with Crippen molar-refractivity contribution in [2.45, 2.75) is 19.3 Å². The molecule has 0 saturated heterocycles. The van der Waals surface area contributed by atoms with Crippen molar-refractivity contribution >= 4 is 21.7 Å². The van der Waals surface area contributed by atoms with Crippen LogP contribution in [-0.2, 0) is 12.8 Å². The number of furan rings is 1. The zero-order valence-electron chi connectivity index (χ0n) is 10.3. The van der Waals surface area contributed by atoms with Crippen molar-refractivity contribution in [1.82, 2.24) is 0 Å². The number of hydrogen-bond donors (Lipinski definition) is 0. The maximum Gasteiger partial charge on any atom is 0.198 e. The molecule has 4 heteroatoms. The van der Waals surface area contributed by atoms with Crippen molar-refractivity contribution in [3.63, 3.8) is 0 Å². The number of carbonyl (C=O) groups is 1. The van der Waals surface area contributed by atoms with Crippen LogP contribution in [0.3, 0.4) is 0 Å². The van der Waals surface area contributed by atoms with Gasteiger partial charge in [0, 0.05) is 12.8 Å². The fourth-order valence-electron chi connectivity index (χ4n) is 2.24. The number of Topliss-reactive ketones (excluding diaryl/α,β-unsaturated/α-hetero) is 1. The smallest absolute Gasteiger partial charge is 0.198 e. The Balaban J connectivity index is 1.64. The summed E-state index contributed by atoms with van der Waals surface area (Å²) in [7, 11) is 0. The van der Waals surface area contributed by atoms with Gasteiger partial charge in [0.05, 0.1) is 6.61 Å². The Morgan fingerprint density at radius 3 is 2.95 bits per heavy atom. The molecule has 1 aromatic carbocycles. The molecule has 0 radical (unpaired) electrons. The Kier molecular flexibility index (Phi) is 3.42. The lowest BCUT2D eigenvalue weighted by Crippen LogP contribution is -1.99. The quantitative estimate of drug-likeness (QED) is 0.804. The Bertz CT molecular complexity index is 616. The van der Waals surface area contributed by atoms with Crippen LogP contribution in [0.15, 0.2) is 39.4 Å². The first-order valence-corrected chi connectivity index (χ1v) is 7.05. The summed E-state index contributed by atoms with van der Waals surface area (Å²) in [5.74, 6) is 1.42. The lowest BCUT2D eigenvalue weighted by atomic mass is 10.0. The third-order valence-electron chi connectivity index (χ3n) is 3.24. The number of carbonyl (C=O) groups excluding carboxylic acids is 1. The predicted octanol–water partition coefficient (Wildman–Crippen LogP) is 3.79. The number of hydrogen-bond acceptors (Lipinski definition) is 3. The third kappa shape index (κ3) is 2.73. The molecule has 0 spiro atoms. The average Bonchev–Trinajstić information content (AvgIpc) is 3.03. The number of rotatable bonds is 4. The maximum absolute atomic E-state index is 11.9. The molecule has 0 atom stereocenters. The summed E-state index contributed by atoms with van der Waals surface area (Å²) in [6.45, 7) is 0.762. The molecule has 0 bridgehead atoms. The Morgan fingerprint density at radius 2 is 2.16 bits per heavy atom. The van der Waals surface area contributed by atoms with Gasteiger partial charge in [-0.15, -0.1) is 0 Å². The number of aryl methyl sites for hydroxylation is 1. The minimum Gasteiger partial charge on any atom is -0.493 e. The van der Waals surface area contributed by atoms with Gasteiger partial charge in [0.25, 0.3) is 0 Å². The van der Waals surface area contributed by atoms with Gasteiger partial charge >= 0.3 is 0 Å². The topological polar surface area (TPSA) is 39.4 Å². The minimum atomic E-state index is 0.0300.